The van der Waals surface area contributed by atoms with E-state index in [1.807, 2.05) is 6.07 Å². The summed E-state index contributed by atoms with van der Waals surface area (Å²) in [6.07, 6.45) is 7.64. The van der Waals surface area contributed by atoms with Crippen molar-refractivity contribution >= 4 is 6.21 Å². The van der Waals surface area contributed by atoms with E-state index in [4.69, 9.17) is 5.26 Å². The molecule has 0 unspecified atom stereocenters. The highest BCUT2D eigenvalue weighted by Gasteiger charge is 2.10. The molecular weight excluding hydrogens is 124 g/mol. The third-order valence-electron chi connectivity index (χ3n) is 1.92. The molecule has 1 aliphatic rings. The first-order valence-corrected chi connectivity index (χ1v) is 3.85. The van der Waals surface area contributed by atoms with Crippen LogP contribution in [0.2, 0.25) is 0 Å². The van der Waals surface area contributed by atoms with E-state index in [0.29, 0.717) is 6.04 Å². The molecule has 54 valence electrons. The molecule has 10 heavy (non-hydrogen) atoms. The van der Waals surface area contributed by atoms with Crippen LogP contribution in [0.4, 0.5) is 0 Å². The smallest absolute Gasteiger partial charge is 0.111 e. The largest absolute Gasteiger partial charge is 0.279 e. The van der Waals surface area contributed by atoms with Crippen LogP contribution in [0.5, 0.6) is 0 Å². The van der Waals surface area contributed by atoms with E-state index in [1.165, 1.54) is 38.3 Å². The van der Waals surface area contributed by atoms with Crippen LogP contribution in [0.15, 0.2) is 4.99 Å². The molecule has 0 atom stereocenters. The molecule has 0 aromatic carbocycles. The zero-order valence-electron chi connectivity index (χ0n) is 6.08. The highest BCUT2D eigenvalue weighted by Crippen LogP contribution is 2.19. The Morgan fingerprint density at radius 2 is 2.00 bits per heavy atom. The van der Waals surface area contributed by atoms with Crippen LogP contribution in [0.25, 0.3) is 0 Å². The number of nitrogens with zero attached hydrogens (tertiary/aromatic N) is 2. The third-order valence-corrected chi connectivity index (χ3v) is 1.92. The molecule has 1 aliphatic carbocycles. The van der Waals surface area contributed by atoms with Gasteiger partial charge in [0.25, 0.3) is 0 Å². The van der Waals surface area contributed by atoms with Crippen molar-refractivity contribution in [3.63, 3.8) is 0 Å². The van der Waals surface area contributed by atoms with Gasteiger partial charge < -0.3 is 0 Å². The summed E-state index contributed by atoms with van der Waals surface area (Å²) in [6, 6.07) is 2.38. The van der Waals surface area contributed by atoms with Crippen LogP contribution in [0, 0.1) is 11.3 Å². The Hall–Kier alpha value is -0.840. The minimum absolute atomic E-state index is 0.452. The van der Waals surface area contributed by atoms with Gasteiger partial charge in [0.1, 0.15) is 6.07 Å². The zero-order valence-corrected chi connectivity index (χ0v) is 6.08. The average molecular weight is 136 g/mol. The maximum absolute atomic E-state index is 8.20. The van der Waals surface area contributed by atoms with Gasteiger partial charge in [-0.25, -0.2) is 0 Å². The van der Waals surface area contributed by atoms with Crippen LogP contribution < -0.4 is 0 Å². The van der Waals surface area contributed by atoms with Gasteiger partial charge in [-0.1, -0.05) is 19.3 Å². The Morgan fingerprint density at radius 1 is 1.30 bits per heavy atom. The highest BCUT2D eigenvalue weighted by molar-refractivity contribution is 5.75. The van der Waals surface area contributed by atoms with Gasteiger partial charge in [-0.3, -0.25) is 4.99 Å². The van der Waals surface area contributed by atoms with E-state index < -0.39 is 0 Å². The predicted octanol–water partition coefficient (Wildman–Crippen LogP) is 1.91. The summed E-state index contributed by atoms with van der Waals surface area (Å²) in [5.74, 6) is 0. The molecule has 0 bridgehead atoms. The zero-order chi connectivity index (χ0) is 7.23. The molecule has 0 N–H and O–H groups in total. The average Bonchev–Trinajstić information content (AvgIpc) is 2.03. The standard InChI is InChI=1S/C8H12N2/c9-6-7-10-8-4-2-1-3-5-8/h7-8H,1-5H2. The molecule has 0 heterocycles. The minimum atomic E-state index is 0.452. The van der Waals surface area contributed by atoms with Gasteiger partial charge in [0.15, 0.2) is 0 Å². The van der Waals surface area contributed by atoms with Crippen LogP contribution in [0.3, 0.4) is 0 Å². The van der Waals surface area contributed by atoms with Gasteiger partial charge in [-0.05, 0) is 12.8 Å². The number of nitriles is 1. The molecule has 0 aliphatic heterocycles. The van der Waals surface area contributed by atoms with E-state index in [9.17, 15) is 0 Å². The van der Waals surface area contributed by atoms with Crippen LogP contribution in [-0.4, -0.2) is 12.3 Å². The highest BCUT2D eigenvalue weighted by atomic mass is 14.8. The summed E-state index contributed by atoms with van der Waals surface area (Å²) in [5.41, 5.74) is 0. The molecule has 1 fully saturated rings. The van der Waals surface area contributed by atoms with Crippen molar-refractivity contribution in [3.05, 3.63) is 0 Å². The van der Waals surface area contributed by atoms with Gasteiger partial charge in [0.2, 0.25) is 0 Å². The summed E-state index contributed by atoms with van der Waals surface area (Å²) in [4.78, 5) is 4.12. The minimum Gasteiger partial charge on any atom is -0.279 e. The normalized spacial score (nSPS) is 21.1. The fourth-order valence-electron chi connectivity index (χ4n) is 1.37. The number of aliphatic imine (C=N–C) groups is 1. The van der Waals surface area contributed by atoms with E-state index in [-0.39, 0.29) is 0 Å². The van der Waals surface area contributed by atoms with Crippen molar-refractivity contribution in [3.8, 4) is 6.07 Å². The second-order valence-corrected chi connectivity index (χ2v) is 2.70. The second-order valence-electron chi connectivity index (χ2n) is 2.70. The maximum atomic E-state index is 8.20. The van der Waals surface area contributed by atoms with Gasteiger partial charge in [-0.2, -0.15) is 5.26 Å². The van der Waals surface area contributed by atoms with Crippen LogP contribution in [-0.2, 0) is 0 Å². The van der Waals surface area contributed by atoms with E-state index in [1.54, 1.807) is 0 Å². The Labute approximate surface area is 61.6 Å². The fourth-order valence-corrected chi connectivity index (χ4v) is 1.37. The lowest BCUT2D eigenvalue weighted by atomic mass is 9.96. The molecule has 0 radical (unpaired) electrons. The van der Waals surface area contributed by atoms with Crippen molar-refractivity contribution < 1.29 is 0 Å². The van der Waals surface area contributed by atoms with Crippen LogP contribution >= 0.6 is 0 Å². The Morgan fingerprint density at radius 3 is 2.60 bits per heavy atom. The first kappa shape index (κ1) is 7.27. The molecule has 0 aromatic heterocycles. The summed E-state index contributed by atoms with van der Waals surface area (Å²) < 4.78 is 0. The summed E-state index contributed by atoms with van der Waals surface area (Å²) in [5, 5.41) is 8.20. The SMILES string of the molecule is N#CC=NC1CCCCC1. The van der Waals surface area contributed by atoms with Crippen molar-refractivity contribution in [2.75, 3.05) is 0 Å². The Bertz CT molecular complexity index is 149. The van der Waals surface area contributed by atoms with Crippen molar-refractivity contribution in [2.24, 2.45) is 4.99 Å². The van der Waals surface area contributed by atoms with Gasteiger partial charge in [0, 0.05) is 0 Å². The first-order valence-electron chi connectivity index (χ1n) is 3.85. The molecule has 0 aromatic rings. The monoisotopic (exact) mass is 136 g/mol. The molecule has 1 rings (SSSR count). The predicted molar refractivity (Wildman–Crippen MR) is 41.0 cm³/mol. The molecule has 2 nitrogen and oxygen atoms in total. The van der Waals surface area contributed by atoms with Crippen molar-refractivity contribution in [1.82, 2.24) is 0 Å². The Kier molecular flexibility index (Phi) is 2.95. The number of rotatable bonds is 1. The quantitative estimate of drug-likeness (QED) is 0.507. The Balaban J connectivity index is 2.27. The van der Waals surface area contributed by atoms with Crippen molar-refractivity contribution in [2.45, 2.75) is 38.1 Å². The molecule has 0 spiro atoms. The lowest BCUT2D eigenvalue weighted by Gasteiger charge is -2.16. The lowest BCUT2D eigenvalue weighted by molar-refractivity contribution is 0.444. The summed E-state index contributed by atoms with van der Waals surface area (Å²) >= 11 is 0. The van der Waals surface area contributed by atoms with E-state index >= 15 is 0 Å². The molecule has 0 saturated heterocycles. The molecule has 2 heteroatoms. The van der Waals surface area contributed by atoms with E-state index in [2.05, 4.69) is 4.99 Å². The van der Waals surface area contributed by atoms with Crippen LogP contribution in [0.1, 0.15) is 32.1 Å². The van der Waals surface area contributed by atoms with Gasteiger partial charge >= 0.3 is 0 Å². The summed E-state index contributed by atoms with van der Waals surface area (Å²) in [7, 11) is 0. The van der Waals surface area contributed by atoms with Crippen molar-refractivity contribution in [1.29, 1.82) is 5.26 Å². The van der Waals surface area contributed by atoms with E-state index in [0.717, 1.165) is 0 Å². The third kappa shape index (κ3) is 2.18. The molecule has 0 amide bonds. The lowest BCUT2D eigenvalue weighted by Crippen LogP contribution is -2.09. The molecular formula is C8H12N2. The summed E-state index contributed by atoms with van der Waals surface area (Å²) in [6.45, 7) is 0. The fraction of sp³-hybridized carbons (Fsp3) is 0.750. The second kappa shape index (κ2) is 4.05. The maximum Gasteiger partial charge on any atom is 0.111 e. The topological polar surface area (TPSA) is 36.1 Å². The number of hydrogen-bond donors (Lipinski definition) is 0. The molecule has 1 saturated carbocycles. The number of hydrogen-bond acceptors (Lipinski definition) is 2. The van der Waals surface area contributed by atoms with Gasteiger partial charge in [-0.15, -0.1) is 0 Å². The first-order chi connectivity index (χ1) is 4.93. The van der Waals surface area contributed by atoms with Gasteiger partial charge in [0.05, 0.1) is 12.3 Å².